The van der Waals surface area contributed by atoms with Crippen molar-refractivity contribution in [3.05, 3.63) is 41.0 Å². The monoisotopic (exact) mass is 316 g/mol. The first-order valence-corrected chi connectivity index (χ1v) is 6.92. The quantitative estimate of drug-likeness (QED) is 0.784. The number of rotatable bonds is 1. The first-order chi connectivity index (χ1) is 10.6. The van der Waals surface area contributed by atoms with Crippen molar-refractivity contribution in [1.29, 1.82) is 0 Å². The zero-order valence-corrected chi connectivity index (χ0v) is 11.8. The molecule has 3 amide bonds. The fourth-order valence-corrected chi connectivity index (χ4v) is 2.87. The van der Waals surface area contributed by atoms with E-state index in [0.29, 0.717) is 5.56 Å². The van der Waals surface area contributed by atoms with Crippen LogP contribution in [0.1, 0.15) is 11.7 Å². The molecule has 2 N–H and O–H groups in total. The van der Waals surface area contributed by atoms with E-state index in [1.54, 1.807) is 0 Å². The molecule has 110 valence electrons. The van der Waals surface area contributed by atoms with Gasteiger partial charge in [-0.2, -0.15) is 0 Å². The van der Waals surface area contributed by atoms with Crippen LogP contribution in [0.4, 0.5) is 4.79 Å². The molecule has 1 aromatic carbocycles. The smallest absolute Gasteiger partial charge is 0.326 e. The highest BCUT2D eigenvalue weighted by Crippen LogP contribution is 2.37. The van der Waals surface area contributed by atoms with Crippen LogP contribution in [0.5, 0.6) is 0 Å². The van der Waals surface area contributed by atoms with E-state index in [0.717, 1.165) is 10.9 Å². The molecular formula is C14H9ClN4O3. The summed E-state index contributed by atoms with van der Waals surface area (Å²) in [6.07, 6.45) is -0.722. The molecule has 22 heavy (non-hydrogen) atoms. The highest BCUT2D eigenvalue weighted by atomic mass is 35.5. The molecule has 7 nitrogen and oxygen atoms in total. The number of para-hydroxylation sites is 1. The Labute approximate surface area is 129 Å². The first-order valence-electron chi connectivity index (χ1n) is 6.54. The van der Waals surface area contributed by atoms with Gasteiger partial charge in [-0.25, -0.2) is 9.78 Å². The third-order valence-electron chi connectivity index (χ3n) is 3.63. The number of nitrogens with one attached hydrogen (secondary N) is 2. The van der Waals surface area contributed by atoms with Crippen molar-refractivity contribution in [2.24, 2.45) is 11.1 Å². The minimum absolute atomic E-state index is 0.183. The number of oxime groups is 1. The summed E-state index contributed by atoms with van der Waals surface area (Å²) in [5.41, 5.74) is 1.30. The highest BCUT2D eigenvalue weighted by molar-refractivity contribution is 6.31. The second-order valence-electron chi connectivity index (χ2n) is 4.98. The van der Waals surface area contributed by atoms with Gasteiger partial charge < -0.3 is 4.84 Å². The number of carbonyl (C=O) groups excluding carboxylic acids is 2. The lowest BCUT2D eigenvalue weighted by Gasteiger charge is -2.22. The van der Waals surface area contributed by atoms with Crippen molar-refractivity contribution in [3.63, 3.8) is 0 Å². The molecule has 3 heterocycles. The molecule has 2 atom stereocenters. The third kappa shape index (κ3) is 1.90. The normalized spacial score (nSPS) is 23.4. The van der Waals surface area contributed by atoms with E-state index in [1.807, 2.05) is 30.3 Å². The molecule has 0 bridgehead atoms. The lowest BCUT2D eigenvalue weighted by Crippen LogP contribution is -2.55. The Hall–Kier alpha value is -2.67. The minimum atomic E-state index is -0.752. The zero-order valence-electron chi connectivity index (χ0n) is 11.0. The average Bonchev–Trinajstić information content (AvgIpc) is 2.90. The Kier molecular flexibility index (Phi) is 2.77. The molecule has 8 heteroatoms. The van der Waals surface area contributed by atoms with Gasteiger partial charge in [-0.1, -0.05) is 35.0 Å². The van der Waals surface area contributed by atoms with Gasteiger partial charge >= 0.3 is 6.03 Å². The van der Waals surface area contributed by atoms with Gasteiger partial charge in [0.05, 0.1) is 5.52 Å². The number of imide groups is 1. The fraction of sp³-hybridized carbons (Fsp3) is 0.143. The summed E-state index contributed by atoms with van der Waals surface area (Å²) >= 11 is 6.23. The van der Waals surface area contributed by atoms with Crippen LogP contribution in [0.3, 0.4) is 0 Å². The van der Waals surface area contributed by atoms with Crippen molar-refractivity contribution in [3.8, 4) is 0 Å². The van der Waals surface area contributed by atoms with Crippen LogP contribution in [-0.2, 0) is 9.63 Å². The van der Waals surface area contributed by atoms with Gasteiger partial charge in [0.15, 0.2) is 11.9 Å². The van der Waals surface area contributed by atoms with Crippen LogP contribution in [0.15, 0.2) is 35.5 Å². The molecule has 2 aliphatic heterocycles. The number of benzene rings is 1. The maximum absolute atomic E-state index is 12.0. The summed E-state index contributed by atoms with van der Waals surface area (Å²) in [4.78, 5) is 33.0. The number of amidine groups is 1. The van der Waals surface area contributed by atoms with E-state index >= 15 is 0 Å². The van der Waals surface area contributed by atoms with Crippen LogP contribution < -0.4 is 10.6 Å². The van der Waals surface area contributed by atoms with Crippen LogP contribution in [0, 0.1) is 5.92 Å². The van der Waals surface area contributed by atoms with Gasteiger partial charge in [0, 0.05) is 10.9 Å². The molecular weight excluding hydrogens is 308 g/mol. The summed E-state index contributed by atoms with van der Waals surface area (Å²) in [7, 11) is 0. The Balaban J connectivity index is 1.78. The summed E-state index contributed by atoms with van der Waals surface area (Å²) in [6, 6.07) is 8.68. The number of aromatic nitrogens is 1. The summed E-state index contributed by atoms with van der Waals surface area (Å²) < 4.78 is 0. The Morgan fingerprint density at radius 3 is 2.86 bits per heavy atom. The molecule has 0 spiro atoms. The molecule has 1 saturated heterocycles. The van der Waals surface area contributed by atoms with Crippen LogP contribution in [0.25, 0.3) is 10.9 Å². The van der Waals surface area contributed by atoms with Crippen molar-refractivity contribution < 1.29 is 14.4 Å². The number of carbonyl (C=O) groups is 2. The summed E-state index contributed by atoms with van der Waals surface area (Å²) in [6.45, 7) is 0. The van der Waals surface area contributed by atoms with E-state index in [4.69, 9.17) is 16.4 Å². The van der Waals surface area contributed by atoms with Crippen LogP contribution in [-0.4, -0.2) is 22.8 Å². The predicted molar refractivity (Wildman–Crippen MR) is 78.2 cm³/mol. The van der Waals surface area contributed by atoms with Crippen LogP contribution in [0.2, 0.25) is 5.15 Å². The molecule has 0 aliphatic carbocycles. The number of hydrogen-bond donors (Lipinski definition) is 2. The topological polar surface area (TPSA) is 92.7 Å². The first kappa shape index (κ1) is 13.0. The Morgan fingerprint density at radius 1 is 1.18 bits per heavy atom. The van der Waals surface area contributed by atoms with E-state index in [-0.39, 0.29) is 11.0 Å². The number of pyridine rings is 1. The van der Waals surface area contributed by atoms with Gasteiger partial charge in [0.25, 0.3) is 0 Å². The predicted octanol–water partition coefficient (Wildman–Crippen LogP) is 1.73. The number of hydrogen-bond acceptors (Lipinski definition) is 5. The maximum Gasteiger partial charge on any atom is 0.326 e. The average molecular weight is 317 g/mol. The third-order valence-corrected chi connectivity index (χ3v) is 3.94. The number of amides is 3. The molecule has 1 aromatic heterocycles. The fourth-order valence-electron chi connectivity index (χ4n) is 2.62. The van der Waals surface area contributed by atoms with Gasteiger partial charge in [-0.3, -0.25) is 15.4 Å². The van der Waals surface area contributed by atoms with Gasteiger partial charge in [-0.05, 0) is 12.1 Å². The SMILES string of the molecule is O=C1NC(=O)C2C(=NOC2c2cc3ccccc3nc2Cl)N1. The molecule has 2 aromatic rings. The number of urea groups is 1. The standard InChI is InChI=1S/C14H9ClN4O3/c15-11-7(5-6-3-1-2-4-8(6)16-11)10-9-12(19-22-10)17-14(21)18-13(9)20/h1-5,9-10H,(H2,17,18,19,20,21). The summed E-state index contributed by atoms with van der Waals surface area (Å²) in [5.74, 6) is -1.05. The largest absolute Gasteiger partial charge is 0.385 e. The van der Waals surface area contributed by atoms with E-state index in [2.05, 4.69) is 20.8 Å². The molecule has 0 radical (unpaired) electrons. The maximum atomic E-state index is 12.0. The number of halogens is 1. The van der Waals surface area contributed by atoms with E-state index < -0.39 is 24.0 Å². The van der Waals surface area contributed by atoms with Gasteiger partial charge in [0.2, 0.25) is 5.91 Å². The highest BCUT2D eigenvalue weighted by Gasteiger charge is 2.46. The van der Waals surface area contributed by atoms with Gasteiger partial charge in [0.1, 0.15) is 11.1 Å². The van der Waals surface area contributed by atoms with Crippen molar-refractivity contribution in [1.82, 2.24) is 15.6 Å². The second kappa shape index (κ2) is 4.67. The summed E-state index contributed by atoms with van der Waals surface area (Å²) in [5, 5.41) is 9.54. The molecule has 0 saturated carbocycles. The van der Waals surface area contributed by atoms with Crippen LogP contribution >= 0.6 is 11.6 Å². The Morgan fingerprint density at radius 2 is 2.00 bits per heavy atom. The zero-order chi connectivity index (χ0) is 15.3. The number of fused-ring (bicyclic) bond motifs is 2. The minimum Gasteiger partial charge on any atom is -0.385 e. The Bertz CT molecular complexity index is 851. The van der Waals surface area contributed by atoms with Crippen molar-refractivity contribution in [2.75, 3.05) is 0 Å². The van der Waals surface area contributed by atoms with Gasteiger partial charge in [-0.15, -0.1) is 0 Å². The van der Waals surface area contributed by atoms with Crippen molar-refractivity contribution in [2.45, 2.75) is 6.10 Å². The molecule has 2 aliphatic rings. The number of nitrogens with zero attached hydrogens (tertiary/aromatic N) is 2. The lowest BCUT2D eigenvalue weighted by molar-refractivity contribution is -0.125. The van der Waals surface area contributed by atoms with E-state index in [1.165, 1.54) is 0 Å². The second-order valence-corrected chi connectivity index (χ2v) is 5.34. The van der Waals surface area contributed by atoms with E-state index in [9.17, 15) is 9.59 Å². The molecule has 2 unspecified atom stereocenters. The molecule has 1 fully saturated rings. The lowest BCUT2D eigenvalue weighted by atomic mass is 9.93. The molecule has 4 rings (SSSR count). The van der Waals surface area contributed by atoms with Crippen molar-refractivity contribution >= 4 is 40.3 Å².